The maximum Gasteiger partial charge on any atom is 0.171 e. The van der Waals surface area contributed by atoms with E-state index >= 15 is 0 Å². The first kappa shape index (κ1) is 16.0. The summed E-state index contributed by atoms with van der Waals surface area (Å²) < 4.78 is 5.44. The van der Waals surface area contributed by atoms with Crippen molar-refractivity contribution in [3.63, 3.8) is 0 Å². The average Bonchev–Trinajstić information content (AvgIpc) is 2.54. The molecule has 0 aliphatic heterocycles. The van der Waals surface area contributed by atoms with Crippen LogP contribution in [0.4, 0.5) is 5.69 Å². The summed E-state index contributed by atoms with van der Waals surface area (Å²) in [6, 6.07) is 16.0. The lowest BCUT2D eigenvalue weighted by atomic mass is 10.1. The van der Waals surface area contributed by atoms with Gasteiger partial charge in [0.25, 0.3) is 0 Å². The van der Waals surface area contributed by atoms with Crippen molar-refractivity contribution in [2.75, 3.05) is 11.9 Å². The maximum atomic E-state index is 5.44. The molecule has 22 heavy (non-hydrogen) atoms. The van der Waals surface area contributed by atoms with E-state index in [0.717, 1.165) is 11.4 Å². The highest BCUT2D eigenvalue weighted by Crippen LogP contribution is 2.15. The van der Waals surface area contributed by atoms with Crippen LogP contribution < -0.4 is 15.4 Å². The highest BCUT2D eigenvalue weighted by molar-refractivity contribution is 7.80. The predicted octanol–water partition coefficient (Wildman–Crippen LogP) is 4.05. The molecule has 0 saturated heterocycles. The van der Waals surface area contributed by atoms with E-state index in [-0.39, 0.29) is 0 Å². The first-order chi connectivity index (χ1) is 10.7. The van der Waals surface area contributed by atoms with E-state index in [2.05, 4.69) is 48.4 Å². The van der Waals surface area contributed by atoms with Crippen molar-refractivity contribution in [1.82, 2.24) is 5.32 Å². The topological polar surface area (TPSA) is 33.3 Å². The van der Waals surface area contributed by atoms with E-state index in [9.17, 15) is 0 Å². The summed E-state index contributed by atoms with van der Waals surface area (Å²) in [6.45, 7) is 6.90. The van der Waals surface area contributed by atoms with Crippen molar-refractivity contribution in [3.05, 3.63) is 72.3 Å². The van der Waals surface area contributed by atoms with Crippen LogP contribution in [0, 0.1) is 6.92 Å². The predicted molar refractivity (Wildman–Crippen MR) is 96.4 cm³/mol. The van der Waals surface area contributed by atoms with Crippen LogP contribution in [0.25, 0.3) is 0 Å². The Bertz CT molecular complexity index is 621. The molecular formula is C18H20N2OS. The standard InChI is InChI=1S/C18H20N2OS/c1-3-12-21-17-10-8-16(9-11-17)20-18(22)19-13-15-6-4-14(2)5-7-15/h3-11H,1,12-13H2,2H3,(H2,19,20,22). The van der Waals surface area contributed by atoms with Crippen LogP contribution in [0.15, 0.2) is 61.2 Å². The van der Waals surface area contributed by atoms with E-state index in [1.807, 2.05) is 24.3 Å². The monoisotopic (exact) mass is 312 g/mol. The molecule has 2 aromatic carbocycles. The van der Waals surface area contributed by atoms with Crippen LogP contribution in [-0.4, -0.2) is 11.7 Å². The van der Waals surface area contributed by atoms with E-state index in [4.69, 9.17) is 17.0 Å². The summed E-state index contributed by atoms with van der Waals surface area (Å²) in [4.78, 5) is 0. The van der Waals surface area contributed by atoms with Crippen molar-refractivity contribution in [2.45, 2.75) is 13.5 Å². The van der Waals surface area contributed by atoms with Gasteiger partial charge in [-0.15, -0.1) is 0 Å². The molecule has 0 aliphatic carbocycles. The summed E-state index contributed by atoms with van der Waals surface area (Å²) in [7, 11) is 0. The second kappa shape index (κ2) is 8.20. The minimum atomic E-state index is 0.503. The number of aryl methyl sites for hydroxylation is 1. The van der Waals surface area contributed by atoms with Gasteiger partial charge in [-0.25, -0.2) is 0 Å². The zero-order valence-corrected chi connectivity index (χ0v) is 13.5. The lowest BCUT2D eigenvalue weighted by Crippen LogP contribution is -2.27. The van der Waals surface area contributed by atoms with Crippen LogP contribution in [0.2, 0.25) is 0 Å². The van der Waals surface area contributed by atoms with Gasteiger partial charge in [0.15, 0.2) is 5.11 Å². The van der Waals surface area contributed by atoms with Crippen LogP contribution in [0.1, 0.15) is 11.1 Å². The Morgan fingerprint density at radius 2 is 1.82 bits per heavy atom. The van der Waals surface area contributed by atoms with E-state index < -0.39 is 0 Å². The molecular weight excluding hydrogens is 292 g/mol. The van der Waals surface area contributed by atoms with E-state index in [0.29, 0.717) is 18.3 Å². The first-order valence-corrected chi connectivity index (χ1v) is 7.52. The lowest BCUT2D eigenvalue weighted by Gasteiger charge is -2.11. The van der Waals surface area contributed by atoms with Crippen LogP contribution in [-0.2, 0) is 6.54 Å². The molecule has 0 radical (unpaired) electrons. The van der Waals surface area contributed by atoms with Gasteiger partial charge < -0.3 is 15.4 Å². The second-order valence-corrected chi connectivity index (χ2v) is 5.33. The molecule has 0 fully saturated rings. The van der Waals surface area contributed by atoms with Crippen molar-refractivity contribution < 1.29 is 4.74 Å². The molecule has 0 atom stereocenters. The number of ether oxygens (including phenoxy) is 1. The van der Waals surface area contributed by atoms with Gasteiger partial charge in [-0.3, -0.25) is 0 Å². The van der Waals surface area contributed by atoms with Crippen molar-refractivity contribution in [3.8, 4) is 5.75 Å². The van der Waals surface area contributed by atoms with Crippen molar-refractivity contribution in [2.24, 2.45) is 0 Å². The fraction of sp³-hybridized carbons (Fsp3) is 0.167. The molecule has 0 heterocycles. The summed E-state index contributed by atoms with van der Waals surface area (Å²) in [5, 5.41) is 6.94. The van der Waals surface area contributed by atoms with Gasteiger partial charge in [-0.05, 0) is 49.0 Å². The summed E-state index contributed by atoms with van der Waals surface area (Å²) in [5.74, 6) is 0.809. The minimum Gasteiger partial charge on any atom is -0.490 e. The van der Waals surface area contributed by atoms with E-state index in [1.165, 1.54) is 11.1 Å². The molecule has 114 valence electrons. The molecule has 0 bridgehead atoms. The van der Waals surface area contributed by atoms with Gasteiger partial charge in [-0.1, -0.05) is 42.5 Å². The van der Waals surface area contributed by atoms with Crippen molar-refractivity contribution in [1.29, 1.82) is 0 Å². The summed E-state index contributed by atoms with van der Waals surface area (Å²) >= 11 is 5.30. The largest absolute Gasteiger partial charge is 0.490 e. The summed E-state index contributed by atoms with van der Waals surface area (Å²) in [6.07, 6.45) is 1.72. The van der Waals surface area contributed by atoms with Gasteiger partial charge in [0.05, 0.1) is 0 Å². The first-order valence-electron chi connectivity index (χ1n) is 7.11. The Hall–Kier alpha value is -2.33. The molecule has 0 aliphatic rings. The molecule has 2 N–H and O–H groups in total. The van der Waals surface area contributed by atoms with Crippen LogP contribution in [0.5, 0.6) is 5.75 Å². The van der Waals surface area contributed by atoms with Gasteiger partial charge in [-0.2, -0.15) is 0 Å². The highest BCUT2D eigenvalue weighted by Gasteiger charge is 1.99. The SMILES string of the molecule is C=CCOc1ccc(NC(=S)NCc2ccc(C)cc2)cc1. The molecule has 0 unspecified atom stereocenters. The van der Waals surface area contributed by atoms with Crippen molar-refractivity contribution >= 4 is 23.0 Å². The van der Waals surface area contributed by atoms with Crippen LogP contribution >= 0.6 is 12.2 Å². The number of anilines is 1. The van der Waals surface area contributed by atoms with Crippen LogP contribution in [0.3, 0.4) is 0 Å². The Labute approximate surface area is 137 Å². The third-order valence-corrected chi connectivity index (χ3v) is 3.30. The van der Waals surface area contributed by atoms with Gasteiger partial charge >= 0.3 is 0 Å². The smallest absolute Gasteiger partial charge is 0.171 e. The normalized spacial score (nSPS) is 9.86. The fourth-order valence-corrected chi connectivity index (χ4v) is 2.04. The quantitative estimate of drug-likeness (QED) is 0.623. The lowest BCUT2D eigenvalue weighted by molar-refractivity contribution is 0.363. The number of benzene rings is 2. The molecule has 0 spiro atoms. The minimum absolute atomic E-state index is 0.503. The third-order valence-electron chi connectivity index (χ3n) is 3.05. The number of rotatable bonds is 6. The molecule has 0 amide bonds. The summed E-state index contributed by atoms with van der Waals surface area (Å²) in [5.41, 5.74) is 3.37. The highest BCUT2D eigenvalue weighted by atomic mass is 32.1. The number of hydrogen-bond donors (Lipinski definition) is 2. The second-order valence-electron chi connectivity index (χ2n) is 4.92. The zero-order chi connectivity index (χ0) is 15.8. The molecule has 3 nitrogen and oxygen atoms in total. The number of nitrogens with one attached hydrogen (secondary N) is 2. The average molecular weight is 312 g/mol. The number of hydrogen-bond acceptors (Lipinski definition) is 2. The fourth-order valence-electron chi connectivity index (χ4n) is 1.85. The Kier molecular flexibility index (Phi) is 5.98. The van der Waals surface area contributed by atoms with Gasteiger partial charge in [0, 0.05) is 12.2 Å². The van der Waals surface area contributed by atoms with Gasteiger partial charge in [0.2, 0.25) is 0 Å². The number of thiocarbonyl (C=S) groups is 1. The zero-order valence-electron chi connectivity index (χ0n) is 12.6. The molecule has 2 aromatic rings. The van der Waals surface area contributed by atoms with E-state index in [1.54, 1.807) is 6.08 Å². The maximum absolute atomic E-state index is 5.44. The Balaban J connectivity index is 1.81. The molecule has 4 heteroatoms. The Morgan fingerprint density at radius 3 is 2.45 bits per heavy atom. The Morgan fingerprint density at radius 1 is 1.14 bits per heavy atom. The van der Waals surface area contributed by atoms with Gasteiger partial charge in [0.1, 0.15) is 12.4 Å². The molecule has 0 aromatic heterocycles. The molecule has 2 rings (SSSR count). The molecule has 0 saturated carbocycles. The third kappa shape index (κ3) is 5.22.